The maximum atomic E-state index is 13.1. The summed E-state index contributed by atoms with van der Waals surface area (Å²) in [5.74, 6) is -1.11. The van der Waals surface area contributed by atoms with Crippen molar-refractivity contribution >= 4 is 56.3 Å². The number of rotatable bonds is 6. The summed E-state index contributed by atoms with van der Waals surface area (Å²) in [7, 11) is 1.26. The van der Waals surface area contributed by atoms with Crippen LogP contribution in [0.5, 0.6) is 5.75 Å². The minimum Gasteiger partial charge on any atom is -0.507 e. The van der Waals surface area contributed by atoms with E-state index in [1.54, 1.807) is 12.3 Å². The van der Waals surface area contributed by atoms with Gasteiger partial charge < -0.3 is 14.8 Å². The van der Waals surface area contributed by atoms with E-state index in [-0.39, 0.29) is 17.2 Å². The van der Waals surface area contributed by atoms with E-state index in [1.807, 2.05) is 60.7 Å². The summed E-state index contributed by atoms with van der Waals surface area (Å²) in [4.78, 5) is 29.7. The minimum atomic E-state index is -0.600. The van der Waals surface area contributed by atoms with E-state index in [1.165, 1.54) is 30.6 Å². The first-order valence-corrected chi connectivity index (χ1v) is 12.8. The topological polar surface area (TPSA) is 104 Å². The Morgan fingerprint density at radius 1 is 1.03 bits per heavy atom. The predicted octanol–water partition coefficient (Wildman–Crippen LogP) is 6.58. The minimum absolute atomic E-state index is 0.103. The van der Waals surface area contributed by atoms with Crippen molar-refractivity contribution in [3.05, 3.63) is 99.5 Å². The second-order valence-corrected chi connectivity index (χ2v) is 10.1. The number of nitrogens with zero attached hydrogens (tertiary/aromatic N) is 1. The number of benzene rings is 3. The summed E-state index contributed by atoms with van der Waals surface area (Å²) in [6.45, 7) is 0. The highest BCUT2D eigenvalue weighted by atomic mass is 79.9. The molecule has 5 rings (SSSR count). The number of thiophene rings is 1. The number of ether oxygens (including phenoxy) is 1. The smallest absolute Gasteiger partial charge is 0.341 e. The second-order valence-electron chi connectivity index (χ2n) is 8.06. The predicted molar refractivity (Wildman–Crippen MR) is 149 cm³/mol. The number of hydrogen-bond donors (Lipinski definition) is 3. The molecule has 0 saturated heterocycles. The van der Waals surface area contributed by atoms with E-state index in [4.69, 9.17) is 0 Å². The molecule has 0 fully saturated rings. The number of esters is 1. The first kappa shape index (κ1) is 24.5. The van der Waals surface area contributed by atoms with Crippen molar-refractivity contribution in [2.45, 2.75) is 0 Å². The summed E-state index contributed by atoms with van der Waals surface area (Å²) in [5, 5.41) is 15.3. The van der Waals surface area contributed by atoms with Gasteiger partial charge in [-0.05, 0) is 53.6 Å². The molecule has 9 heteroatoms. The maximum absolute atomic E-state index is 13.1. The van der Waals surface area contributed by atoms with Crippen LogP contribution in [0.3, 0.4) is 0 Å². The molecule has 0 saturated carbocycles. The number of amides is 1. The molecule has 0 unspecified atom stereocenters. The van der Waals surface area contributed by atoms with Gasteiger partial charge in [0.15, 0.2) is 0 Å². The average molecular weight is 574 g/mol. The number of phenolic OH excluding ortho intramolecular Hbond substituents is 1. The molecule has 2 heterocycles. The number of phenols is 1. The van der Waals surface area contributed by atoms with Crippen LogP contribution in [-0.4, -0.2) is 35.3 Å². The summed E-state index contributed by atoms with van der Waals surface area (Å²) in [6, 6.07) is 24.1. The highest BCUT2D eigenvalue weighted by Crippen LogP contribution is 2.34. The van der Waals surface area contributed by atoms with Crippen molar-refractivity contribution in [1.82, 2.24) is 10.4 Å². The molecule has 0 aliphatic heterocycles. The van der Waals surface area contributed by atoms with Gasteiger partial charge in [0.05, 0.1) is 13.3 Å². The molecule has 37 heavy (non-hydrogen) atoms. The van der Waals surface area contributed by atoms with E-state index < -0.39 is 5.97 Å². The van der Waals surface area contributed by atoms with Gasteiger partial charge in [-0.25, -0.2) is 10.2 Å². The third-order valence-corrected chi connectivity index (χ3v) is 7.28. The lowest BCUT2D eigenvalue weighted by atomic mass is 10.0. The normalized spacial score (nSPS) is 11.2. The van der Waals surface area contributed by atoms with Gasteiger partial charge in [0.2, 0.25) is 0 Å². The van der Waals surface area contributed by atoms with E-state index in [0.717, 1.165) is 41.8 Å². The van der Waals surface area contributed by atoms with Crippen molar-refractivity contribution in [3.63, 3.8) is 0 Å². The van der Waals surface area contributed by atoms with Gasteiger partial charge in [0, 0.05) is 30.7 Å². The van der Waals surface area contributed by atoms with Crippen LogP contribution in [0.25, 0.3) is 32.5 Å². The number of aromatic amines is 1. The number of nitrogens with one attached hydrogen (secondary N) is 2. The van der Waals surface area contributed by atoms with Crippen LogP contribution in [0, 0.1) is 0 Å². The van der Waals surface area contributed by atoms with E-state index in [0.29, 0.717) is 5.69 Å². The number of aromatic nitrogens is 1. The van der Waals surface area contributed by atoms with Crippen molar-refractivity contribution < 1.29 is 19.4 Å². The highest BCUT2D eigenvalue weighted by Gasteiger charge is 2.19. The number of carbonyl (C=O) groups excluding carboxylic acids is 2. The number of carbonyl (C=O) groups is 2. The lowest BCUT2D eigenvalue weighted by Gasteiger charge is -2.04. The van der Waals surface area contributed by atoms with Gasteiger partial charge in [0.1, 0.15) is 17.0 Å². The van der Waals surface area contributed by atoms with Gasteiger partial charge in [-0.3, -0.25) is 4.79 Å². The molecule has 2 aromatic heterocycles. The highest BCUT2D eigenvalue weighted by molar-refractivity contribution is 9.10. The third-order valence-electron chi connectivity index (χ3n) is 5.72. The molecule has 184 valence electrons. The molecule has 0 aliphatic carbocycles. The summed E-state index contributed by atoms with van der Waals surface area (Å²) in [6.07, 6.45) is 1.57. The zero-order chi connectivity index (χ0) is 25.9. The number of H-pyrrole nitrogens is 1. The Balaban J connectivity index is 1.36. The number of hydrazone groups is 1. The lowest BCUT2D eigenvalue weighted by molar-refractivity contribution is 0.0597. The summed E-state index contributed by atoms with van der Waals surface area (Å²) < 4.78 is 5.58. The Morgan fingerprint density at radius 3 is 2.59 bits per heavy atom. The van der Waals surface area contributed by atoms with Crippen LogP contribution in [-0.2, 0) is 4.74 Å². The van der Waals surface area contributed by atoms with Crippen LogP contribution in [0.1, 0.15) is 25.7 Å². The fourth-order valence-electron chi connectivity index (χ4n) is 3.99. The van der Waals surface area contributed by atoms with Crippen molar-refractivity contribution in [1.29, 1.82) is 0 Å². The Labute approximate surface area is 224 Å². The standard InChI is InChI=1S/C28H20BrN3O4S/c1-36-28(35)20-10-7-17(13-23(20)33)24-12-9-19(37-24)15-30-32-27(34)26-25(16-5-3-2-4-6-16)21-14-18(29)8-11-22(21)31-26/h2-15,31,33H,1H3,(H,32,34)/b30-15+. The first-order valence-electron chi connectivity index (χ1n) is 11.2. The monoisotopic (exact) mass is 573 g/mol. The summed E-state index contributed by atoms with van der Waals surface area (Å²) in [5.41, 5.74) is 6.46. The van der Waals surface area contributed by atoms with Crippen LogP contribution in [0.15, 0.2) is 88.4 Å². The molecule has 7 nitrogen and oxygen atoms in total. The third kappa shape index (κ3) is 5.04. The molecule has 3 aromatic carbocycles. The van der Waals surface area contributed by atoms with E-state index in [2.05, 4.69) is 36.2 Å². The number of fused-ring (bicyclic) bond motifs is 1. The Morgan fingerprint density at radius 2 is 1.84 bits per heavy atom. The van der Waals surface area contributed by atoms with Crippen LogP contribution in [0.2, 0.25) is 0 Å². The average Bonchev–Trinajstić information content (AvgIpc) is 3.53. The van der Waals surface area contributed by atoms with Crippen molar-refractivity contribution in [2.75, 3.05) is 7.11 Å². The molecule has 3 N–H and O–H groups in total. The molecule has 0 bridgehead atoms. The molecule has 0 aliphatic rings. The van der Waals surface area contributed by atoms with Gasteiger partial charge in [-0.15, -0.1) is 11.3 Å². The zero-order valence-corrected chi connectivity index (χ0v) is 21.9. The molecule has 5 aromatic rings. The molecule has 0 spiro atoms. The molecule has 1 amide bonds. The van der Waals surface area contributed by atoms with Gasteiger partial charge in [-0.1, -0.05) is 52.3 Å². The number of hydrogen-bond acceptors (Lipinski definition) is 6. The van der Waals surface area contributed by atoms with Crippen molar-refractivity contribution in [3.8, 4) is 27.3 Å². The Kier molecular flexibility index (Phi) is 6.89. The number of methoxy groups -OCH3 is 1. The molecule has 0 atom stereocenters. The van der Waals surface area contributed by atoms with Gasteiger partial charge in [-0.2, -0.15) is 5.10 Å². The zero-order valence-electron chi connectivity index (χ0n) is 19.5. The fraction of sp³-hybridized carbons (Fsp3) is 0.0357. The first-order chi connectivity index (χ1) is 17.9. The van der Waals surface area contributed by atoms with Crippen LogP contribution in [0.4, 0.5) is 0 Å². The van der Waals surface area contributed by atoms with Gasteiger partial charge >= 0.3 is 5.97 Å². The van der Waals surface area contributed by atoms with E-state index >= 15 is 0 Å². The Bertz CT molecular complexity index is 1660. The molecular formula is C28H20BrN3O4S. The number of aromatic hydroxyl groups is 1. The second kappa shape index (κ2) is 10.4. The van der Waals surface area contributed by atoms with E-state index in [9.17, 15) is 14.7 Å². The Hall–Kier alpha value is -4.21. The number of halogens is 1. The largest absolute Gasteiger partial charge is 0.507 e. The molecule has 0 radical (unpaired) electrons. The maximum Gasteiger partial charge on any atom is 0.341 e. The van der Waals surface area contributed by atoms with Crippen LogP contribution >= 0.6 is 27.3 Å². The lowest BCUT2D eigenvalue weighted by Crippen LogP contribution is -2.18. The van der Waals surface area contributed by atoms with Crippen LogP contribution < -0.4 is 5.43 Å². The summed E-state index contributed by atoms with van der Waals surface area (Å²) >= 11 is 4.94. The SMILES string of the molecule is COC(=O)c1ccc(-c2ccc(/C=N/NC(=O)c3[nH]c4ccc(Br)cc4c3-c3ccccc3)s2)cc1O. The quantitative estimate of drug-likeness (QED) is 0.121. The molecular weight excluding hydrogens is 554 g/mol. The van der Waals surface area contributed by atoms with Gasteiger partial charge in [0.25, 0.3) is 5.91 Å². The fourth-order valence-corrected chi connectivity index (χ4v) is 5.23. The van der Waals surface area contributed by atoms with Crippen molar-refractivity contribution in [2.24, 2.45) is 5.10 Å².